The van der Waals surface area contributed by atoms with E-state index in [-0.39, 0.29) is 17.0 Å². The number of halogens is 5. The Balaban J connectivity index is 2.18. The molecule has 0 saturated heterocycles. The summed E-state index contributed by atoms with van der Waals surface area (Å²) < 4.78 is 71.0. The summed E-state index contributed by atoms with van der Waals surface area (Å²) in [6, 6.07) is 7.49. The lowest BCUT2D eigenvalue weighted by molar-refractivity contribution is -0.289. The van der Waals surface area contributed by atoms with Crippen LogP contribution in [0.4, 0.5) is 22.0 Å². The number of ether oxygens (including phenoxy) is 1. The fourth-order valence-electron chi connectivity index (χ4n) is 2.48. The largest absolute Gasteiger partial charge is 0.466 e. The van der Waals surface area contributed by atoms with E-state index in [1.807, 2.05) is 0 Å². The maximum absolute atomic E-state index is 13.7. The summed E-state index contributed by atoms with van der Waals surface area (Å²) >= 11 is 0. The van der Waals surface area contributed by atoms with Crippen LogP contribution in [-0.4, -0.2) is 22.6 Å². The van der Waals surface area contributed by atoms with E-state index in [9.17, 15) is 22.0 Å². The van der Waals surface area contributed by atoms with E-state index in [1.165, 1.54) is 6.20 Å². The van der Waals surface area contributed by atoms with E-state index in [0.29, 0.717) is 11.8 Å². The molecule has 2 aromatic rings. The molecule has 8 heteroatoms. The number of pyridine rings is 1. The van der Waals surface area contributed by atoms with Crippen LogP contribution in [0, 0.1) is 0 Å². The Morgan fingerprint density at radius 1 is 1.00 bits per heavy atom. The summed E-state index contributed by atoms with van der Waals surface area (Å²) in [5.74, 6) is -4.81. The van der Waals surface area contributed by atoms with Crippen molar-refractivity contribution >= 4 is 5.71 Å². The molecule has 3 rings (SSSR count). The Labute approximate surface area is 140 Å². The van der Waals surface area contributed by atoms with Crippen molar-refractivity contribution in [3.05, 3.63) is 59.4 Å². The number of nitrogens with zero attached hydrogens (tertiary/aromatic N) is 2. The molecule has 1 aliphatic heterocycles. The monoisotopic (exact) mass is 356 g/mol. The molecule has 132 valence electrons. The van der Waals surface area contributed by atoms with Crippen LogP contribution in [-0.2, 0) is 5.92 Å². The van der Waals surface area contributed by atoms with E-state index in [2.05, 4.69) is 9.98 Å². The molecule has 0 spiro atoms. The van der Waals surface area contributed by atoms with Crippen LogP contribution in [0.15, 0.2) is 47.6 Å². The smallest absolute Gasteiger partial charge is 0.458 e. The average Bonchev–Trinajstić information content (AvgIpc) is 2.52. The minimum absolute atomic E-state index is 0.0412. The molecule has 1 aromatic carbocycles. The Hall–Kier alpha value is -2.51. The van der Waals surface area contributed by atoms with Gasteiger partial charge in [0.05, 0.1) is 11.4 Å². The summed E-state index contributed by atoms with van der Waals surface area (Å²) in [5, 5.41) is 0. The molecule has 0 saturated carbocycles. The third-order valence-corrected chi connectivity index (χ3v) is 3.60. The highest BCUT2D eigenvalue weighted by atomic mass is 19.4. The zero-order valence-corrected chi connectivity index (χ0v) is 13.2. The molecule has 25 heavy (non-hydrogen) atoms. The molecule has 0 unspecified atom stereocenters. The quantitative estimate of drug-likeness (QED) is 0.731. The third kappa shape index (κ3) is 3.08. The van der Waals surface area contributed by atoms with Crippen molar-refractivity contribution in [1.82, 2.24) is 4.98 Å². The third-order valence-electron chi connectivity index (χ3n) is 3.60. The summed E-state index contributed by atoms with van der Waals surface area (Å²) in [6.07, 6.45) is -4.22. The van der Waals surface area contributed by atoms with Crippen molar-refractivity contribution in [3.63, 3.8) is 0 Å². The van der Waals surface area contributed by atoms with Gasteiger partial charge in [-0.25, -0.2) is 4.99 Å². The molecule has 0 aliphatic carbocycles. The van der Waals surface area contributed by atoms with E-state index in [0.717, 1.165) is 12.1 Å². The van der Waals surface area contributed by atoms with Gasteiger partial charge >= 0.3 is 12.1 Å². The van der Waals surface area contributed by atoms with Gasteiger partial charge in [-0.05, 0) is 44.2 Å². The Morgan fingerprint density at radius 3 is 2.32 bits per heavy atom. The molecule has 0 atom stereocenters. The first-order chi connectivity index (χ1) is 11.5. The van der Waals surface area contributed by atoms with Crippen LogP contribution >= 0.6 is 0 Å². The minimum Gasteiger partial charge on any atom is -0.466 e. The number of alkyl halides is 5. The van der Waals surface area contributed by atoms with Gasteiger partial charge in [0.1, 0.15) is 5.75 Å². The van der Waals surface area contributed by atoms with Crippen molar-refractivity contribution in [1.29, 1.82) is 0 Å². The lowest BCUT2D eigenvalue weighted by Crippen LogP contribution is -2.35. The zero-order chi connectivity index (χ0) is 18.5. The molecule has 0 bridgehead atoms. The van der Waals surface area contributed by atoms with Crippen molar-refractivity contribution in [2.45, 2.75) is 31.7 Å². The van der Waals surface area contributed by atoms with Crippen LogP contribution in [0.1, 0.15) is 30.7 Å². The Bertz CT molecular complexity index is 829. The fraction of sp³-hybridized carbons (Fsp3) is 0.294. The van der Waals surface area contributed by atoms with Crippen molar-refractivity contribution in [2.75, 3.05) is 0 Å². The van der Waals surface area contributed by atoms with Gasteiger partial charge in [-0.3, -0.25) is 4.98 Å². The molecule has 2 heterocycles. The minimum atomic E-state index is -5.70. The molecular weight excluding hydrogens is 343 g/mol. The normalized spacial score (nSPS) is 16.7. The zero-order valence-electron chi connectivity index (χ0n) is 13.2. The topological polar surface area (TPSA) is 34.5 Å². The number of aromatic nitrogens is 1. The number of rotatable bonds is 2. The number of fused-ring (bicyclic) bond motifs is 1. The highest BCUT2D eigenvalue weighted by molar-refractivity contribution is 6.14. The molecule has 0 N–H and O–H groups in total. The van der Waals surface area contributed by atoms with Crippen LogP contribution < -0.4 is 4.74 Å². The first-order valence-corrected chi connectivity index (χ1v) is 7.31. The van der Waals surface area contributed by atoms with Crippen LogP contribution in [0.3, 0.4) is 0 Å². The summed E-state index contributed by atoms with van der Waals surface area (Å²) in [6.45, 7) is 3.30. The van der Waals surface area contributed by atoms with Gasteiger partial charge < -0.3 is 4.74 Å². The van der Waals surface area contributed by atoms with E-state index >= 15 is 0 Å². The lowest BCUT2D eigenvalue weighted by atomic mass is 9.97. The second kappa shape index (κ2) is 5.50. The molecule has 0 fully saturated rings. The Kier molecular flexibility index (Phi) is 3.81. The van der Waals surface area contributed by atoms with Gasteiger partial charge in [-0.2, -0.15) is 22.0 Å². The van der Waals surface area contributed by atoms with Gasteiger partial charge in [-0.1, -0.05) is 6.07 Å². The average molecular weight is 356 g/mol. The van der Waals surface area contributed by atoms with Crippen molar-refractivity contribution in [3.8, 4) is 5.75 Å². The molecule has 0 amide bonds. The predicted molar refractivity (Wildman–Crippen MR) is 81.0 cm³/mol. The van der Waals surface area contributed by atoms with E-state index in [4.69, 9.17) is 4.74 Å². The molecular formula is C17H13F5N2O. The maximum atomic E-state index is 13.7. The van der Waals surface area contributed by atoms with Crippen molar-refractivity contribution < 1.29 is 26.7 Å². The number of hydrogen-bond donors (Lipinski definition) is 0. The van der Waals surface area contributed by atoms with Gasteiger partial charge in [0.15, 0.2) is 5.72 Å². The number of benzene rings is 1. The fourth-order valence-corrected chi connectivity index (χ4v) is 2.48. The second-order valence-electron chi connectivity index (χ2n) is 6.01. The first kappa shape index (κ1) is 17.3. The van der Waals surface area contributed by atoms with Crippen LogP contribution in [0.2, 0.25) is 0 Å². The maximum Gasteiger partial charge on any atom is 0.458 e. The van der Waals surface area contributed by atoms with Gasteiger partial charge in [0, 0.05) is 17.3 Å². The first-order valence-electron chi connectivity index (χ1n) is 7.31. The summed E-state index contributed by atoms with van der Waals surface area (Å²) in [5.41, 5.74) is -1.59. The molecule has 1 aromatic heterocycles. The highest BCUT2D eigenvalue weighted by Crippen LogP contribution is 2.45. The lowest BCUT2D eigenvalue weighted by Gasteiger charge is -2.31. The molecule has 1 aliphatic rings. The van der Waals surface area contributed by atoms with Crippen LogP contribution in [0.25, 0.3) is 0 Å². The predicted octanol–water partition coefficient (Wildman–Crippen LogP) is 4.70. The van der Waals surface area contributed by atoms with Gasteiger partial charge in [0.2, 0.25) is 0 Å². The van der Waals surface area contributed by atoms with Crippen molar-refractivity contribution in [2.24, 2.45) is 4.99 Å². The van der Waals surface area contributed by atoms with E-state index in [1.54, 1.807) is 32.0 Å². The summed E-state index contributed by atoms with van der Waals surface area (Å²) in [7, 11) is 0. The Morgan fingerprint density at radius 2 is 1.72 bits per heavy atom. The number of hydrogen-bond acceptors (Lipinski definition) is 3. The second-order valence-corrected chi connectivity index (χ2v) is 6.01. The molecule has 3 nitrogen and oxygen atoms in total. The SMILES string of the molecule is CC1(C)N=C(c2ccccn2)c2cc(C(F)(F)C(F)(F)F)ccc2O1. The standard InChI is InChI=1S/C17H13F5N2O/c1-15(2)24-14(12-5-3-4-8-23-12)11-9-10(6-7-13(11)25-15)16(18,19)17(20,21)22/h3-9H,1-2H3. The van der Waals surface area contributed by atoms with Gasteiger partial charge in [0.25, 0.3) is 0 Å². The van der Waals surface area contributed by atoms with Crippen LogP contribution in [0.5, 0.6) is 5.75 Å². The summed E-state index contributed by atoms with van der Waals surface area (Å²) in [4.78, 5) is 8.43. The van der Waals surface area contributed by atoms with Gasteiger partial charge in [-0.15, -0.1) is 0 Å². The molecule has 0 radical (unpaired) electrons. The number of aliphatic imine (C=N–C) groups is 1. The van der Waals surface area contributed by atoms with E-state index < -0.39 is 23.4 Å². The highest BCUT2D eigenvalue weighted by Gasteiger charge is 2.58.